The van der Waals surface area contributed by atoms with Crippen LogP contribution >= 0.6 is 0 Å². The van der Waals surface area contributed by atoms with E-state index >= 15 is 0 Å². The van der Waals surface area contributed by atoms with Crippen LogP contribution in [-0.4, -0.2) is 79.1 Å². The monoisotopic (exact) mass is 274 g/mol. The van der Waals surface area contributed by atoms with Crippen molar-refractivity contribution < 1.29 is 19.4 Å². The third-order valence-electron chi connectivity index (χ3n) is 2.76. The minimum Gasteiger partial charge on any atom is -0.444 e. The fourth-order valence-electron chi connectivity index (χ4n) is 1.87. The van der Waals surface area contributed by atoms with Crippen LogP contribution in [0.1, 0.15) is 20.8 Å². The Hall–Kier alpha value is -0.850. The Kier molecular flexibility index (Phi) is 6.03. The van der Waals surface area contributed by atoms with Crippen molar-refractivity contribution >= 4 is 6.09 Å². The number of likely N-dealkylation sites (N-methyl/N-ethyl adjacent to an activating group) is 1. The molecule has 0 aromatic heterocycles. The first-order chi connectivity index (χ1) is 8.78. The van der Waals surface area contributed by atoms with Crippen LogP contribution in [0, 0.1) is 0 Å². The van der Waals surface area contributed by atoms with Crippen LogP contribution in [0.5, 0.6) is 0 Å². The predicted octanol–water partition coefficient (Wildman–Crippen LogP) is 0.546. The largest absolute Gasteiger partial charge is 0.444 e. The molecule has 19 heavy (non-hydrogen) atoms. The van der Waals surface area contributed by atoms with Crippen LogP contribution in [0.3, 0.4) is 0 Å². The first-order valence-corrected chi connectivity index (χ1v) is 6.70. The molecule has 1 saturated heterocycles. The van der Waals surface area contributed by atoms with Gasteiger partial charge in [0.15, 0.2) is 0 Å². The standard InChI is InChI=1S/C13H26N2O4/c1-13(2,3)19-12(17)14(4)9-11(16)10-15-5-7-18-8-6-15/h11,16H,5-10H2,1-4H3. The molecule has 0 radical (unpaired) electrons. The van der Waals surface area contributed by atoms with Gasteiger partial charge in [-0.3, -0.25) is 4.90 Å². The Morgan fingerprint density at radius 1 is 1.42 bits per heavy atom. The van der Waals surface area contributed by atoms with Gasteiger partial charge in [0.05, 0.1) is 25.9 Å². The van der Waals surface area contributed by atoms with E-state index in [-0.39, 0.29) is 6.54 Å². The minimum absolute atomic E-state index is 0.270. The molecule has 1 atom stereocenters. The van der Waals surface area contributed by atoms with E-state index in [0.717, 1.165) is 13.1 Å². The van der Waals surface area contributed by atoms with Gasteiger partial charge in [-0.2, -0.15) is 0 Å². The molecule has 0 bridgehead atoms. The molecule has 1 fully saturated rings. The van der Waals surface area contributed by atoms with Gasteiger partial charge in [-0.15, -0.1) is 0 Å². The van der Waals surface area contributed by atoms with Gasteiger partial charge in [-0.1, -0.05) is 0 Å². The molecule has 1 rings (SSSR count). The Balaban J connectivity index is 2.30. The Labute approximate surface area is 115 Å². The molecule has 0 aliphatic carbocycles. The molecule has 112 valence electrons. The molecule has 1 N–H and O–H groups in total. The van der Waals surface area contributed by atoms with Gasteiger partial charge in [0.25, 0.3) is 0 Å². The van der Waals surface area contributed by atoms with Crippen LogP contribution in [0.2, 0.25) is 0 Å². The van der Waals surface area contributed by atoms with Gasteiger partial charge in [0.2, 0.25) is 0 Å². The summed E-state index contributed by atoms with van der Waals surface area (Å²) in [5.74, 6) is 0. The SMILES string of the molecule is CN(CC(O)CN1CCOCC1)C(=O)OC(C)(C)C. The molecule has 0 aromatic carbocycles. The van der Waals surface area contributed by atoms with E-state index in [4.69, 9.17) is 9.47 Å². The number of carbonyl (C=O) groups is 1. The molecule has 0 spiro atoms. The number of nitrogens with zero attached hydrogens (tertiary/aromatic N) is 2. The van der Waals surface area contributed by atoms with E-state index in [2.05, 4.69) is 4.90 Å². The second-order valence-electron chi connectivity index (χ2n) is 5.93. The summed E-state index contributed by atoms with van der Waals surface area (Å²) >= 11 is 0. The molecule has 0 saturated carbocycles. The van der Waals surface area contributed by atoms with Gasteiger partial charge >= 0.3 is 6.09 Å². The first kappa shape index (κ1) is 16.2. The van der Waals surface area contributed by atoms with Crippen LogP contribution in [-0.2, 0) is 9.47 Å². The third-order valence-corrected chi connectivity index (χ3v) is 2.76. The molecular formula is C13H26N2O4. The molecule has 0 aromatic rings. The number of hydrogen-bond donors (Lipinski definition) is 1. The molecule has 1 amide bonds. The van der Waals surface area contributed by atoms with Gasteiger partial charge in [0.1, 0.15) is 5.60 Å². The fraction of sp³-hybridized carbons (Fsp3) is 0.923. The van der Waals surface area contributed by atoms with Gasteiger partial charge in [0, 0.05) is 26.7 Å². The number of morpholine rings is 1. The molecular weight excluding hydrogens is 248 g/mol. The molecule has 1 unspecified atom stereocenters. The highest BCUT2D eigenvalue weighted by Gasteiger charge is 2.22. The maximum atomic E-state index is 11.7. The highest BCUT2D eigenvalue weighted by atomic mass is 16.6. The number of carbonyl (C=O) groups excluding carboxylic acids is 1. The lowest BCUT2D eigenvalue weighted by Gasteiger charge is -2.30. The van der Waals surface area contributed by atoms with Crippen LogP contribution in [0.15, 0.2) is 0 Å². The lowest BCUT2D eigenvalue weighted by Crippen LogP contribution is -2.45. The molecule has 1 heterocycles. The summed E-state index contributed by atoms with van der Waals surface area (Å²) in [6.45, 7) is 9.35. The summed E-state index contributed by atoms with van der Waals surface area (Å²) < 4.78 is 10.5. The number of amides is 1. The number of hydrogen-bond acceptors (Lipinski definition) is 5. The highest BCUT2D eigenvalue weighted by Crippen LogP contribution is 2.09. The summed E-state index contributed by atoms with van der Waals surface area (Å²) in [5, 5.41) is 9.99. The summed E-state index contributed by atoms with van der Waals surface area (Å²) in [5.41, 5.74) is -0.513. The molecule has 6 heteroatoms. The Bertz CT molecular complexity index is 285. The number of ether oxygens (including phenoxy) is 2. The average Bonchev–Trinajstić information content (AvgIpc) is 2.27. The van der Waals surface area contributed by atoms with Gasteiger partial charge in [-0.05, 0) is 20.8 Å². The number of rotatable bonds is 4. The highest BCUT2D eigenvalue weighted by molar-refractivity contribution is 5.67. The van der Waals surface area contributed by atoms with Crippen LogP contribution < -0.4 is 0 Å². The second kappa shape index (κ2) is 7.07. The molecule has 1 aliphatic heterocycles. The summed E-state index contributed by atoms with van der Waals surface area (Å²) in [4.78, 5) is 15.3. The smallest absolute Gasteiger partial charge is 0.410 e. The van der Waals surface area contributed by atoms with Gasteiger partial charge in [-0.25, -0.2) is 4.79 Å². The molecule has 1 aliphatic rings. The van der Waals surface area contributed by atoms with Crippen LogP contribution in [0.25, 0.3) is 0 Å². The second-order valence-corrected chi connectivity index (χ2v) is 5.93. The average molecular weight is 274 g/mol. The number of aliphatic hydroxyl groups excluding tert-OH is 1. The van der Waals surface area contributed by atoms with Crippen molar-refractivity contribution in [3.05, 3.63) is 0 Å². The Morgan fingerprint density at radius 3 is 2.53 bits per heavy atom. The van der Waals surface area contributed by atoms with Gasteiger partial charge < -0.3 is 19.5 Å². The van der Waals surface area contributed by atoms with Crippen molar-refractivity contribution in [1.29, 1.82) is 0 Å². The number of aliphatic hydroxyl groups is 1. The maximum absolute atomic E-state index is 11.7. The normalized spacial score (nSPS) is 19.0. The summed E-state index contributed by atoms with van der Waals surface area (Å²) in [7, 11) is 1.64. The van der Waals surface area contributed by atoms with Crippen molar-refractivity contribution in [3.8, 4) is 0 Å². The number of β-amino-alcohol motifs (C(OH)–C–C–N with tert-alkyl or cyclic N) is 1. The quantitative estimate of drug-likeness (QED) is 0.811. The van der Waals surface area contributed by atoms with Crippen molar-refractivity contribution in [2.24, 2.45) is 0 Å². The summed E-state index contributed by atoms with van der Waals surface area (Å²) in [6, 6.07) is 0. The topological polar surface area (TPSA) is 62.2 Å². The van der Waals surface area contributed by atoms with E-state index in [9.17, 15) is 9.90 Å². The van der Waals surface area contributed by atoms with E-state index in [1.807, 2.05) is 20.8 Å². The zero-order chi connectivity index (χ0) is 14.5. The zero-order valence-corrected chi connectivity index (χ0v) is 12.4. The fourth-order valence-corrected chi connectivity index (χ4v) is 1.87. The maximum Gasteiger partial charge on any atom is 0.410 e. The third kappa shape index (κ3) is 6.75. The predicted molar refractivity (Wildman–Crippen MR) is 72.1 cm³/mol. The minimum atomic E-state index is -0.574. The van der Waals surface area contributed by atoms with E-state index in [1.165, 1.54) is 4.90 Å². The first-order valence-electron chi connectivity index (χ1n) is 6.70. The zero-order valence-electron chi connectivity index (χ0n) is 12.4. The van der Waals surface area contributed by atoms with Crippen molar-refractivity contribution in [2.75, 3.05) is 46.4 Å². The summed E-state index contributed by atoms with van der Waals surface area (Å²) in [6.07, 6.45) is -0.982. The van der Waals surface area contributed by atoms with Crippen molar-refractivity contribution in [3.63, 3.8) is 0 Å². The van der Waals surface area contributed by atoms with E-state index in [1.54, 1.807) is 7.05 Å². The van der Waals surface area contributed by atoms with Crippen molar-refractivity contribution in [2.45, 2.75) is 32.5 Å². The Morgan fingerprint density at radius 2 is 2.00 bits per heavy atom. The van der Waals surface area contributed by atoms with Crippen LogP contribution in [0.4, 0.5) is 4.79 Å². The lowest BCUT2D eigenvalue weighted by atomic mass is 10.2. The van der Waals surface area contributed by atoms with Crippen molar-refractivity contribution in [1.82, 2.24) is 9.80 Å². The van der Waals surface area contributed by atoms with E-state index < -0.39 is 17.8 Å². The lowest BCUT2D eigenvalue weighted by molar-refractivity contribution is -0.000995. The molecule has 6 nitrogen and oxygen atoms in total. The van der Waals surface area contributed by atoms with E-state index in [0.29, 0.717) is 19.8 Å².